The van der Waals surface area contributed by atoms with Gasteiger partial charge in [0, 0.05) is 6.54 Å². The van der Waals surface area contributed by atoms with E-state index in [1.807, 2.05) is 0 Å². The quantitative estimate of drug-likeness (QED) is 0.688. The normalized spacial score (nSPS) is 11.9. The number of hydrogen-bond donors (Lipinski definition) is 3. The summed E-state index contributed by atoms with van der Waals surface area (Å²) in [5, 5.41) is 12.0. The highest BCUT2D eigenvalue weighted by molar-refractivity contribution is 8.02. The van der Waals surface area contributed by atoms with Gasteiger partial charge in [-0.1, -0.05) is 23.1 Å². The van der Waals surface area contributed by atoms with Crippen molar-refractivity contribution in [2.75, 3.05) is 12.3 Å². The molecule has 0 aromatic carbocycles. The molecule has 0 aliphatic rings. The molecule has 0 bridgehead atoms. The SMILES string of the molecule is CCNC(=O)NC(=O)[C@H](C)Sc1nnc(N)s1. The fourth-order valence-electron chi connectivity index (χ4n) is 0.891. The lowest BCUT2D eigenvalue weighted by molar-refractivity contribution is -0.119. The van der Waals surface area contributed by atoms with Gasteiger partial charge in [-0.2, -0.15) is 0 Å². The average molecular weight is 275 g/mol. The van der Waals surface area contributed by atoms with Crippen LogP contribution in [-0.4, -0.2) is 33.9 Å². The molecule has 1 aromatic heterocycles. The Morgan fingerprint density at radius 2 is 2.24 bits per heavy atom. The minimum atomic E-state index is -0.498. The molecule has 1 atom stereocenters. The predicted molar refractivity (Wildman–Crippen MR) is 66.9 cm³/mol. The number of imide groups is 1. The molecule has 0 aliphatic heterocycles. The van der Waals surface area contributed by atoms with Gasteiger partial charge < -0.3 is 11.1 Å². The molecule has 0 saturated heterocycles. The number of nitrogens with zero attached hydrogens (tertiary/aromatic N) is 2. The Bertz CT molecular complexity index is 408. The molecule has 9 heteroatoms. The van der Waals surface area contributed by atoms with E-state index < -0.39 is 11.3 Å². The van der Waals surface area contributed by atoms with Crippen LogP contribution in [0.3, 0.4) is 0 Å². The summed E-state index contributed by atoms with van der Waals surface area (Å²) in [5.74, 6) is -0.380. The molecule has 0 unspecified atom stereocenters. The van der Waals surface area contributed by atoms with E-state index >= 15 is 0 Å². The van der Waals surface area contributed by atoms with Gasteiger partial charge in [0.25, 0.3) is 0 Å². The van der Waals surface area contributed by atoms with E-state index in [4.69, 9.17) is 5.73 Å². The smallest absolute Gasteiger partial charge is 0.321 e. The lowest BCUT2D eigenvalue weighted by Crippen LogP contribution is -2.42. The zero-order valence-electron chi connectivity index (χ0n) is 9.39. The Balaban J connectivity index is 2.44. The van der Waals surface area contributed by atoms with Crippen molar-refractivity contribution < 1.29 is 9.59 Å². The highest BCUT2D eigenvalue weighted by Crippen LogP contribution is 2.27. The lowest BCUT2D eigenvalue weighted by Gasteiger charge is -2.09. The van der Waals surface area contributed by atoms with Gasteiger partial charge >= 0.3 is 6.03 Å². The molecule has 94 valence electrons. The second-order valence-electron chi connectivity index (χ2n) is 3.01. The third-order valence-corrected chi connectivity index (χ3v) is 3.58. The van der Waals surface area contributed by atoms with Crippen molar-refractivity contribution in [3.63, 3.8) is 0 Å². The highest BCUT2D eigenvalue weighted by atomic mass is 32.2. The molecule has 0 aliphatic carbocycles. The molecule has 0 fully saturated rings. The van der Waals surface area contributed by atoms with Crippen molar-refractivity contribution in [3.05, 3.63) is 0 Å². The zero-order chi connectivity index (χ0) is 12.8. The number of amides is 3. The second kappa shape index (κ2) is 6.40. The molecule has 1 rings (SSSR count). The number of rotatable bonds is 4. The molecule has 17 heavy (non-hydrogen) atoms. The number of nitrogens with two attached hydrogens (primary N) is 1. The van der Waals surface area contributed by atoms with Crippen molar-refractivity contribution >= 4 is 40.2 Å². The van der Waals surface area contributed by atoms with Gasteiger partial charge in [-0.15, -0.1) is 10.2 Å². The van der Waals surface area contributed by atoms with Crippen LogP contribution in [-0.2, 0) is 4.79 Å². The van der Waals surface area contributed by atoms with Crippen LogP contribution in [0.5, 0.6) is 0 Å². The lowest BCUT2D eigenvalue weighted by atomic mass is 10.4. The molecule has 0 radical (unpaired) electrons. The van der Waals surface area contributed by atoms with Gasteiger partial charge in [-0.05, 0) is 13.8 Å². The van der Waals surface area contributed by atoms with Crippen molar-refractivity contribution in [1.82, 2.24) is 20.8 Å². The maximum absolute atomic E-state index is 11.6. The number of nitrogen functional groups attached to an aromatic ring is 1. The predicted octanol–water partition coefficient (Wildman–Crippen LogP) is 0.447. The van der Waals surface area contributed by atoms with Crippen LogP contribution < -0.4 is 16.4 Å². The number of anilines is 1. The largest absolute Gasteiger partial charge is 0.374 e. The first kappa shape index (κ1) is 13.7. The fraction of sp³-hybridized carbons (Fsp3) is 0.500. The van der Waals surface area contributed by atoms with Gasteiger partial charge in [0.1, 0.15) is 0 Å². The number of urea groups is 1. The third-order valence-electron chi connectivity index (χ3n) is 1.64. The van der Waals surface area contributed by atoms with Gasteiger partial charge in [0.05, 0.1) is 5.25 Å². The van der Waals surface area contributed by atoms with E-state index in [0.29, 0.717) is 16.0 Å². The first-order valence-corrected chi connectivity index (χ1v) is 6.57. The van der Waals surface area contributed by atoms with Crippen molar-refractivity contribution in [2.45, 2.75) is 23.4 Å². The minimum absolute atomic E-state index is 0.351. The summed E-state index contributed by atoms with van der Waals surface area (Å²) in [6.45, 7) is 3.91. The fourth-order valence-corrected chi connectivity index (χ4v) is 2.67. The van der Waals surface area contributed by atoms with E-state index in [0.717, 1.165) is 0 Å². The highest BCUT2D eigenvalue weighted by Gasteiger charge is 2.18. The van der Waals surface area contributed by atoms with E-state index in [9.17, 15) is 9.59 Å². The average Bonchev–Trinajstić information content (AvgIpc) is 2.64. The van der Waals surface area contributed by atoms with Gasteiger partial charge in [-0.3, -0.25) is 10.1 Å². The molecule has 1 aromatic rings. The van der Waals surface area contributed by atoms with E-state index in [2.05, 4.69) is 20.8 Å². The first-order valence-electron chi connectivity index (χ1n) is 4.87. The first-order chi connectivity index (χ1) is 8.02. The molecule has 0 spiro atoms. The third kappa shape index (κ3) is 4.57. The van der Waals surface area contributed by atoms with Gasteiger partial charge in [0.2, 0.25) is 11.0 Å². The number of hydrogen-bond acceptors (Lipinski definition) is 7. The topological polar surface area (TPSA) is 110 Å². The summed E-state index contributed by atoms with van der Waals surface area (Å²) < 4.78 is 0.598. The number of aromatic nitrogens is 2. The Labute approximate surface area is 107 Å². The summed E-state index contributed by atoms with van der Waals surface area (Å²) in [6.07, 6.45) is 0. The van der Waals surface area contributed by atoms with Crippen molar-refractivity contribution in [1.29, 1.82) is 0 Å². The molecule has 1 heterocycles. The summed E-state index contributed by atoms with van der Waals surface area (Å²) in [4.78, 5) is 22.7. The standard InChI is InChI=1S/C8H13N5O2S2/c1-3-10-7(15)11-5(14)4(2)16-8-13-12-6(9)17-8/h4H,3H2,1-2H3,(H2,9,12)(H2,10,11,14,15)/t4-/m0/s1. The molecule has 7 nitrogen and oxygen atoms in total. The van der Waals surface area contributed by atoms with Gasteiger partial charge in [0.15, 0.2) is 4.34 Å². The number of thioether (sulfide) groups is 1. The Hall–Kier alpha value is -1.35. The number of carbonyl (C=O) groups is 2. The summed E-state index contributed by atoms with van der Waals surface area (Å²) >= 11 is 2.41. The number of carbonyl (C=O) groups excluding carboxylic acids is 2. The zero-order valence-corrected chi connectivity index (χ0v) is 11.0. The van der Waals surface area contributed by atoms with Crippen LogP contribution in [0.15, 0.2) is 4.34 Å². The number of nitrogens with one attached hydrogen (secondary N) is 2. The summed E-state index contributed by atoms with van der Waals surface area (Å²) in [7, 11) is 0. The van der Waals surface area contributed by atoms with Crippen LogP contribution in [0.2, 0.25) is 0 Å². The maximum Gasteiger partial charge on any atom is 0.321 e. The summed E-state index contributed by atoms with van der Waals surface area (Å²) in [6, 6.07) is -0.498. The summed E-state index contributed by atoms with van der Waals surface area (Å²) in [5.41, 5.74) is 5.42. The van der Waals surface area contributed by atoms with E-state index in [1.165, 1.54) is 23.1 Å². The Morgan fingerprint density at radius 3 is 2.76 bits per heavy atom. The van der Waals surface area contributed by atoms with Crippen molar-refractivity contribution in [3.8, 4) is 0 Å². The van der Waals surface area contributed by atoms with E-state index in [1.54, 1.807) is 13.8 Å². The van der Waals surface area contributed by atoms with Crippen LogP contribution in [0.1, 0.15) is 13.8 Å². The maximum atomic E-state index is 11.6. The Morgan fingerprint density at radius 1 is 1.53 bits per heavy atom. The Kier molecular flexibility index (Phi) is 5.16. The monoisotopic (exact) mass is 275 g/mol. The molecular formula is C8H13N5O2S2. The van der Waals surface area contributed by atoms with Crippen LogP contribution in [0, 0.1) is 0 Å². The van der Waals surface area contributed by atoms with Crippen LogP contribution in [0.25, 0.3) is 0 Å². The minimum Gasteiger partial charge on any atom is -0.374 e. The van der Waals surface area contributed by atoms with Crippen LogP contribution >= 0.6 is 23.1 Å². The second-order valence-corrected chi connectivity index (χ2v) is 5.61. The molecular weight excluding hydrogens is 262 g/mol. The van der Waals surface area contributed by atoms with Gasteiger partial charge in [-0.25, -0.2) is 4.79 Å². The molecule has 3 amide bonds. The van der Waals surface area contributed by atoms with Crippen LogP contribution in [0.4, 0.5) is 9.93 Å². The van der Waals surface area contributed by atoms with Crippen molar-refractivity contribution in [2.24, 2.45) is 0 Å². The molecule has 4 N–H and O–H groups in total. The molecule has 0 saturated carbocycles. The van der Waals surface area contributed by atoms with E-state index in [-0.39, 0.29) is 5.91 Å².